The molecule has 9 heavy (non-hydrogen) atoms. The monoisotopic (exact) mass is 130 g/mol. The normalized spacial score (nSPS) is 36.1. The number of hydrogen-bond acceptors (Lipinski definition) is 1. The summed E-state index contributed by atoms with van der Waals surface area (Å²) in [7, 11) is 0. The molecule has 0 spiro atoms. The van der Waals surface area contributed by atoms with Gasteiger partial charge in [0.15, 0.2) is 0 Å². The standard InChI is InChI=1S/C7H11FO/c1-5-4-6(9)2-3-7(5)8/h4,6-7,9H,2-3H2,1H3. The highest BCUT2D eigenvalue weighted by Crippen LogP contribution is 2.20. The fraction of sp³-hybridized carbons (Fsp3) is 0.714. The summed E-state index contributed by atoms with van der Waals surface area (Å²) in [5, 5.41) is 8.95. The third-order valence-corrected chi connectivity index (χ3v) is 1.67. The first-order valence-corrected chi connectivity index (χ1v) is 3.20. The molecule has 2 heteroatoms. The van der Waals surface area contributed by atoms with Crippen molar-refractivity contribution in [2.75, 3.05) is 0 Å². The zero-order valence-electron chi connectivity index (χ0n) is 5.47. The van der Waals surface area contributed by atoms with Crippen molar-refractivity contribution in [3.05, 3.63) is 11.6 Å². The van der Waals surface area contributed by atoms with Gasteiger partial charge in [-0.1, -0.05) is 6.08 Å². The average molecular weight is 130 g/mol. The van der Waals surface area contributed by atoms with Gasteiger partial charge in [0.05, 0.1) is 6.10 Å². The van der Waals surface area contributed by atoms with Gasteiger partial charge in [0.2, 0.25) is 0 Å². The van der Waals surface area contributed by atoms with E-state index >= 15 is 0 Å². The van der Waals surface area contributed by atoms with Gasteiger partial charge in [-0.3, -0.25) is 0 Å². The Morgan fingerprint density at radius 2 is 2.33 bits per heavy atom. The zero-order chi connectivity index (χ0) is 6.85. The Labute approximate surface area is 54.2 Å². The highest BCUT2D eigenvalue weighted by Gasteiger charge is 2.16. The summed E-state index contributed by atoms with van der Waals surface area (Å²) in [6.07, 6.45) is 1.42. The molecule has 0 radical (unpaired) electrons. The Morgan fingerprint density at radius 1 is 1.67 bits per heavy atom. The molecule has 0 aliphatic heterocycles. The van der Waals surface area contributed by atoms with E-state index < -0.39 is 12.3 Å². The molecule has 0 aromatic heterocycles. The quantitative estimate of drug-likeness (QED) is 0.492. The van der Waals surface area contributed by atoms with Crippen molar-refractivity contribution in [2.24, 2.45) is 0 Å². The molecule has 0 fully saturated rings. The maximum absolute atomic E-state index is 12.6. The molecule has 0 aromatic carbocycles. The molecule has 2 unspecified atom stereocenters. The molecular formula is C7H11FO. The molecule has 2 atom stereocenters. The van der Waals surface area contributed by atoms with E-state index in [2.05, 4.69) is 0 Å². The number of aliphatic hydroxyl groups excluding tert-OH is 1. The largest absolute Gasteiger partial charge is 0.389 e. The SMILES string of the molecule is CC1=CC(O)CCC1F. The van der Waals surface area contributed by atoms with Crippen molar-refractivity contribution in [2.45, 2.75) is 32.0 Å². The van der Waals surface area contributed by atoms with Crippen LogP contribution in [-0.4, -0.2) is 17.4 Å². The fourth-order valence-electron chi connectivity index (χ4n) is 1.04. The maximum Gasteiger partial charge on any atom is 0.121 e. The van der Waals surface area contributed by atoms with E-state index in [4.69, 9.17) is 5.11 Å². The second-order valence-corrected chi connectivity index (χ2v) is 2.52. The molecule has 0 aromatic rings. The fourth-order valence-corrected chi connectivity index (χ4v) is 1.04. The Kier molecular flexibility index (Phi) is 1.86. The predicted octanol–water partition coefficient (Wildman–Crippen LogP) is 1.43. The molecule has 1 N–H and O–H groups in total. The minimum absolute atomic E-state index is 0.406. The third-order valence-electron chi connectivity index (χ3n) is 1.67. The Morgan fingerprint density at radius 3 is 2.78 bits per heavy atom. The van der Waals surface area contributed by atoms with Gasteiger partial charge in [-0.25, -0.2) is 4.39 Å². The lowest BCUT2D eigenvalue weighted by molar-refractivity contribution is 0.179. The second kappa shape index (κ2) is 2.48. The summed E-state index contributed by atoms with van der Waals surface area (Å²) in [6.45, 7) is 1.72. The number of aliphatic hydroxyl groups is 1. The van der Waals surface area contributed by atoms with Crippen LogP contribution >= 0.6 is 0 Å². The van der Waals surface area contributed by atoms with E-state index in [0.29, 0.717) is 18.4 Å². The summed E-state index contributed by atoms with van der Waals surface area (Å²) < 4.78 is 12.6. The number of alkyl halides is 1. The van der Waals surface area contributed by atoms with Crippen molar-refractivity contribution in [1.82, 2.24) is 0 Å². The number of hydrogen-bond donors (Lipinski definition) is 1. The zero-order valence-corrected chi connectivity index (χ0v) is 5.47. The van der Waals surface area contributed by atoms with E-state index in [0.717, 1.165) is 0 Å². The Bertz CT molecular complexity index is 131. The molecule has 0 saturated heterocycles. The first kappa shape index (κ1) is 6.75. The van der Waals surface area contributed by atoms with E-state index in [9.17, 15) is 4.39 Å². The van der Waals surface area contributed by atoms with Gasteiger partial charge >= 0.3 is 0 Å². The lowest BCUT2D eigenvalue weighted by Crippen LogP contribution is -2.16. The van der Waals surface area contributed by atoms with Gasteiger partial charge in [0, 0.05) is 0 Å². The summed E-state index contributed by atoms with van der Waals surface area (Å²) in [4.78, 5) is 0. The second-order valence-electron chi connectivity index (χ2n) is 2.52. The van der Waals surface area contributed by atoms with Crippen LogP contribution in [0.25, 0.3) is 0 Å². The van der Waals surface area contributed by atoms with E-state index in [1.807, 2.05) is 0 Å². The van der Waals surface area contributed by atoms with Crippen molar-refractivity contribution < 1.29 is 9.50 Å². The minimum Gasteiger partial charge on any atom is -0.389 e. The minimum atomic E-state index is -0.812. The summed E-state index contributed by atoms with van der Waals surface area (Å²) in [6, 6.07) is 0. The van der Waals surface area contributed by atoms with Crippen LogP contribution in [0.5, 0.6) is 0 Å². The number of halogens is 1. The van der Waals surface area contributed by atoms with Crippen molar-refractivity contribution in [3.8, 4) is 0 Å². The summed E-state index contributed by atoms with van der Waals surface area (Å²) in [5.41, 5.74) is 0.675. The van der Waals surface area contributed by atoms with E-state index in [1.54, 1.807) is 13.0 Å². The van der Waals surface area contributed by atoms with Crippen LogP contribution < -0.4 is 0 Å². The van der Waals surface area contributed by atoms with Crippen molar-refractivity contribution in [3.63, 3.8) is 0 Å². The van der Waals surface area contributed by atoms with E-state index in [1.165, 1.54) is 0 Å². The average Bonchev–Trinajstić information content (AvgIpc) is 1.80. The number of rotatable bonds is 0. The van der Waals surface area contributed by atoms with Gasteiger partial charge in [0.1, 0.15) is 6.17 Å². The van der Waals surface area contributed by atoms with Crippen molar-refractivity contribution >= 4 is 0 Å². The molecule has 0 amide bonds. The van der Waals surface area contributed by atoms with Gasteiger partial charge in [-0.15, -0.1) is 0 Å². The summed E-state index contributed by atoms with van der Waals surface area (Å²) in [5.74, 6) is 0. The van der Waals surface area contributed by atoms with Crippen molar-refractivity contribution in [1.29, 1.82) is 0 Å². The lowest BCUT2D eigenvalue weighted by atomic mass is 9.97. The molecule has 0 saturated carbocycles. The van der Waals surface area contributed by atoms with E-state index in [-0.39, 0.29) is 0 Å². The van der Waals surface area contributed by atoms with Crippen LogP contribution in [0.3, 0.4) is 0 Å². The van der Waals surface area contributed by atoms with Gasteiger partial charge in [-0.2, -0.15) is 0 Å². The predicted molar refractivity (Wildman–Crippen MR) is 33.9 cm³/mol. The molecule has 0 heterocycles. The first-order valence-electron chi connectivity index (χ1n) is 3.20. The molecule has 1 rings (SSSR count). The van der Waals surface area contributed by atoms with Crippen LogP contribution in [0.15, 0.2) is 11.6 Å². The smallest absolute Gasteiger partial charge is 0.121 e. The summed E-state index contributed by atoms with van der Waals surface area (Å²) >= 11 is 0. The molecule has 0 bridgehead atoms. The van der Waals surface area contributed by atoms with Gasteiger partial charge in [0.25, 0.3) is 0 Å². The topological polar surface area (TPSA) is 20.2 Å². The third kappa shape index (κ3) is 1.52. The highest BCUT2D eigenvalue weighted by molar-refractivity contribution is 5.11. The lowest BCUT2D eigenvalue weighted by Gasteiger charge is -2.17. The van der Waals surface area contributed by atoms with Crippen LogP contribution in [0.4, 0.5) is 4.39 Å². The molecule has 1 aliphatic rings. The highest BCUT2D eigenvalue weighted by atomic mass is 19.1. The Hall–Kier alpha value is -0.370. The molecule has 1 aliphatic carbocycles. The molecule has 52 valence electrons. The van der Waals surface area contributed by atoms with Gasteiger partial charge in [-0.05, 0) is 25.3 Å². The van der Waals surface area contributed by atoms with Crippen LogP contribution in [0, 0.1) is 0 Å². The first-order chi connectivity index (χ1) is 4.20. The molecule has 1 nitrogen and oxygen atoms in total. The number of allylic oxidation sites excluding steroid dienone is 1. The van der Waals surface area contributed by atoms with Crippen LogP contribution in [-0.2, 0) is 0 Å². The Balaban J connectivity index is 2.61. The van der Waals surface area contributed by atoms with Gasteiger partial charge < -0.3 is 5.11 Å². The van der Waals surface area contributed by atoms with Crippen LogP contribution in [0.2, 0.25) is 0 Å². The maximum atomic E-state index is 12.6. The van der Waals surface area contributed by atoms with Crippen LogP contribution in [0.1, 0.15) is 19.8 Å². The molecular weight excluding hydrogens is 119 g/mol.